The first kappa shape index (κ1) is 8.59. The third-order valence-electron chi connectivity index (χ3n) is 1.76. The maximum atomic E-state index is 10.4. The molecule has 0 fully saturated rings. The van der Waals surface area contributed by atoms with Crippen LogP contribution in [0, 0.1) is 0 Å². The molecule has 1 atom stereocenters. The van der Waals surface area contributed by atoms with Crippen molar-refractivity contribution in [2.24, 2.45) is 0 Å². The SMILES string of the molecule is C[C@@H](C(=O)[O-])c1ccccc1O. The van der Waals surface area contributed by atoms with E-state index in [1.165, 1.54) is 13.0 Å². The Hall–Kier alpha value is -1.51. The molecular weight excluding hydrogens is 156 g/mol. The zero-order valence-electron chi connectivity index (χ0n) is 6.65. The lowest BCUT2D eigenvalue weighted by Crippen LogP contribution is -2.27. The first-order valence-electron chi connectivity index (χ1n) is 3.61. The number of carboxylic acids is 1. The molecule has 1 aromatic carbocycles. The normalized spacial score (nSPS) is 12.4. The minimum absolute atomic E-state index is 0.00537. The first-order valence-corrected chi connectivity index (χ1v) is 3.61. The Bertz CT molecular complexity index is 294. The van der Waals surface area contributed by atoms with Crippen molar-refractivity contribution in [3.8, 4) is 5.75 Å². The molecule has 0 heterocycles. The molecule has 0 aromatic heterocycles. The Morgan fingerprint density at radius 1 is 1.50 bits per heavy atom. The van der Waals surface area contributed by atoms with Crippen LogP contribution in [0.5, 0.6) is 5.75 Å². The fourth-order valence-electron chi connectivity index (χ4n) is 0.981. The zero-order valence-corrected chi connectivity index (χ0v) is 6.65. The van der Waals surface area contributed by atoms with Gasteiger partial charge in [0, 0.05) is 17.5 Å². The number of rotatable bonds is 2. The molecule has 0 saturated carbocycles. The number of hydrogen-bond donors (Lipinski definition) is 1. The predicted octanol–water partition coefficient (Wildman–Crippen LogP) is 0.246. The standard InChI is InChI=1S/C9H10O3/c1-6(9(11)12)7-4-2-3-5-8(7)10/h2-6,10H,1H3,(H,11,12)/p-1/t6-/m1/s1. The van der Waals surface area contributed by atoms with E-state index in [9.17, 15) is 15.0 Å². The molecule has 12 heavy (non-hydrogen) atoms. The number of benzene rings is 1. The van der Waals surface area contributed by atoms with Gasteiger partial charge in [-0.05, 0) is 6.07 Å². The molecule has 3 heteroatoms. The van der Waals surface area contributed by atoms with Gasteiger partial charge in [0.25, 0.3) is 0 Å². The summed E-state index contributed by atoms with van der Waals surface area (Å²) in [5.74, 6) is -1.96. The maximum Gasteiger partial charge on any atom is 0.119 e. The van der Waals surface area contributed by atoms with Crippen molar-refractivity contribution in [3.05, 3.63) is 29.8 Å². The van der Waals surface area contributed by atoms with Crippen molar-refractivity contribution >= 4 is 5.97 Å². The van der Waals surface area contributed by atoms with E-state index < -0.39 is 11.9 Å². The van der Waals surface area contributed by atoms with Crippen molar-refractivity contribution in [3.63, 3.8) is 0 Å². The van der Waals surface area contributed by atoms with Crippen LogP contribution in [0.2, 0.25) is 0 Å². The number of aromatic hydroxyl groups is 1. The maximum absolute atomic E-state index is 10.4. The Morgan fingerprint density at radius 3 is 2.58 bits per heavy atom. The number of carboxylic acid groups (broad SMARTS) is 1. The molecule has 1 N–H and O–H groups in total. The predicted molar refractivity (Wildman–Crippen MR) is 41.5 cm³/mol. The average molecular weight is 165 g/mol. The molecular formula is C9H9O3-. The summed E-state index contributed by atoms with van der Waals surface area (Å²) in [4.78, 5) is 10.4. The molecule has 0 aliphatic rings. The summed E-state index contributed by atoms with van der Waals surface area (Å²) >= 11 is 0. The second-order valence-electron chi connectivity index (χ2n) is 2.60. The minimum atomic E-state index is -1.18. The van der Waals surface area contributed by atoms with Gasteiger partial charge >= 0.3 is 0 Å². The summed E-state index contributed by atoms with van der Waals surface area (Å²) in [6, 6.07) is 6.33. The average Bonchev–Trinajstić information content (AvgIpc) is 2.04. The number of aliphatic carboxylic acids is 1. The van der Waals surface area contributed by atoms with Gasteiger partial charge in [0.1, 0.15) is 5.75 Å². The Labute approximate surface area is 70.3 Å². The van der Waals surface area contributed by atoms with E-state index >= 15 is 0 Å². The van der Waals surface area contributed by atoms with Crippen LogP contribution >= 0.6 is 0 Å². The van der Waals surface area contributed by atoms with Crippen molar-refractivity contribution in [2.75, 3.05) is 0 Å². The molecule has 3 nitrogen and oxygen atoms in total. The molecule has 0 spiro atoms. The summed E-state index contributed by atoms with van der Waals surface area (Å²) in [5, 5.41) is 19.7. The highest BCUT2D eigenvalue weighted by Crippen LogP contribution is 2.24. The summed E-state index contributed by atoms with van der Waals surface area (Å²) < 4.78 is 0. The summed E-state index contributed by atoms with van der Waals surface area (Å²) in [5.41, 5.74) is 0.387. The van der Waals surface area contributed by atoms with Crippen LogP contribution in [-0.4, -0.2) is 11.1 Å². The van der Waals surface area contributed by atoms with Gasteiger partial charge < -0.3 is 15.0 Å². The summed E-state index contributed by atoms with van der Waals surface area (Å²) in [6.07, 6.45) is 0. The zero-order chi connectivity index (χ0) is 9.14. The largest absolute Gasteiger partial charge is 0.550 e. The third kappa shape index (κ3) is 1.56. The third-order valence-corrected chi connectivity index (χ3v) is 1.76. The number of para-hydroxylation sites is 1. The lowest BCUT2D eigenvalue weighted by Gasteiger charge is -2.13. The van der Waals surface area contributed by atoms with E-state index in [2.05, 4.69) is 0 Å². The van der Waals surface area contributed by atoms with Crippen LogP contribution in [0.3, 0.4) is 0 Å². The van der Waals surface area contributed by atoms with Gasteiger partial charge in [-0.1, -0.05) is 25.1 Å². The molecule has 0 amide bonds. The monoisotopic (exact) mass is 165 g/mol. The van der Waals surface area contributed by atoms with Gasteiger partial charge in [0.05, 0.1) is 0 Å². The fourth-order valence-corrected chi connectivity index (χ4v) is 0.981. The molecule has 0 saturated heterocycles. The van der Waals surface area contributed by atoms with Gasteiger partial charge in [0.2, 0.25) is 0 Å². The van der Waals surface area contributed by atoms with Gasteiger partial charge in [-0.25, -0.2) is 0 Å². The topological polar surface area (TPSA) is 60.4 Å². The highest BCUT2D eigenvalue weighted by molar-refractivity contribution is 5.74. The highest BCUT2D eigenvalue weighted by atomic mass is 16.4. The van der Waals surface area contributed by atoms with Crippen molar-refractivity contribution in [1.29, 1.82) is 0 Å². The first-order chi connectivity index (χ1) is 5.63. The Balaban J connectivity index is 3.02. The number of carbonyl (C=O) groups excluding carboxylic acids is 1. The molecule has 64 valence electrons. The van der Waals surface area contributed by atoms with Crippen LogP contribution in [0.4, 0.5) is 0 Å². The van der Waals surface area contributed by atoms with Crippen LogP contribution in [0.25, 0.3) is 0 Å². The van der Waals surface area contributed by atoms with Crippen LogP contribution < -0.4 is 5.11 Å². The second kappa shape index (κ2) is 3.26. The smallest absolute Gasteiger partial charge is 0.119 e. The number of hydrogen-bond acceptors (Lipinski definition) is 3. The fraction of sp³-hybridized carbons (Fsp3) is 0.222. The van der Waals surface area contributed by atoms with E-state index in [1.54, 1.807) is 18.2 Å². The Morgan fingerprint density at radius 2 is 2.08 bits per heavy atom. The van der Waals surface area contributed by atoms with Gasteiger partial charge in [0.15, 0.2) is 0 Å². The van der Waals surface area contributed by atoms with E-state index in [0.29, 0.717) is 5.56 Å². The molecule has 0 aliphatic heterocycles. The molecule has 0 aliphatic carbocycles. The number of phenols is 1. The second-order valence-corrected chi connectivity index (χ2v) is 2.60. The van der Waals surface area contributed by atoms with E-state index in [1.807, 2.05) is 0 Å². The molecule has 1 aromatic rings. The molecule has 1 rings (SSSR count). The molecule has 0 radical (unpaired) electrons. The quantitative estimate of drug-likeness (QED) is 0.683. The summed E-state index contributed by atoms with van der Waals surface area (Å²) in [7, 11) is 0. The van der Waals surface area contributed by atoms with Crippen molar-refractivity contribution in [1.82, 2.24) is 0 Å². The van der Waals surface area contributed by atoms with Gasteiger partial charge in [-0.15, -0.1) is 0 Å². The van der Waals surface area contributed by atoms with Crippen molar-refractivity contribution in [2.45, 2.75) is 12.8 Å². The number of carbonyl (C=O) groups is 1. The van der Waals surface area contributed by atoms with Crippen molar-refractivity contribution < 1.29 is 15.0 Å². The van der Waals surface area contributed by atoms with Gasteiger partial charge in [-0.3, -0.25) is 0 Å². The van der Waals surface area contributed by atoms with Crippen LogP contribution in [0.15, 0.2) is 24.3 Å². The van der Waals surface area contributed by atoms with Crippen LogP contribution in [-0.2, 0) is 4.79 Å². The minimum Gasteiger partial charge on any atom is -0.550 e. The summed E-state index contributed by atoms with van der Waals surface area (Å²) in [6.45, 7) is 1.48. The molecule has 0 bridgehead atoms. The molecule has 0 unspecified atom stereocenters. The lowest BCUT2D eigenvalue weighted by atomic mass is 10.0. The van der Waals surface area contributed by atoms with E-state index in [0.717, 1.165) is 0 Å². The van der Waals surface area contributed by atoms with E-state index in [4.69, 9.17) is 0 Å². The van der Waals surface area contributed by atoms with Gasteiger partial charge in [-0.2, -0.15) is 0 Å². The van der Waals surface area contributed by atoms with Crippen LogP contribution in [0.1, 0.15) is 18.4 Å². The van der Waals surface area contributed by atoms with E-state index in [-0.39, 0.29) is 5.75 Å². The highest BCUT2D eigenvalue weighted by Gasteiger charge is 2.09. The Kier molecular flexibility index (Phi) is 2.33. The number of phenolic OH excluding ortho intramolecular Hbond substituents is 1. The lowest BCUT2D eigenvalue weighted by molar-refractivity contribution is -0.307.